The van der Waals surface area contributed by atoms with Crippen molar-refractivity contribution in [2.24, 2.45) is 0 Å². The van der Waals surface area contributed by atoms with E-state index >= 15 is 0 Å². The van der Waals surface area contributed by atoms with E-state index in [9.17, 15) is 14.4 Å². The molecule has 0 bridgehead atoms. The van der Waals surface area contributed by atoms with Crippen LogP contribution in [0, 0.1) is 0 Å². The molecule has 1 aliphatic rings. The lowest BCUT2D eigenvalue weighted by Crippen LogP contribution is -2.33. The van der Waals surface area contributed by atoms with Crippen molar-refractivity contribution in [2.45, 2.75) is 26.3 Å². The summed E-state index contributed by atoms with van der Waals surface area (Å²) < 4.78 is 4.99. The predicted molar refractivity (Wildman–Crippen MR) is 106 cm³/mol. The Labute approximate surface area is 163 Å². The predicted octanol–water partition coefficient (Wildman–Crippen LogP) is 3.77. The number of esters is 1. The molecule has 0 saturated heterocycles. The quantitative estimate of drug-likeness (QED) is 0.804. The average molecular weight is 378 g/mol. The molecule has 1 aliphatic heterocycles. The van der Waals surface area contributed by atoms with Gasteiger partial charge < -0.3 is 15.0 Å². The molecule has 6 nitrogen and oxygen atoms in total. The Balaban J connectivity index is 1.77. The van der Waals surface area contributed by atoms with Crippen LogP contribution in [0.5, 0.6) is 0 Å². The fraction of sp³-hybridized carbons (Fsp3) is 0.227. The lowest BCUT2D eigenvalue weighted by molar-refractivity contribution is -0.129. The van der Waals surface area contributed by atoms with E-state index in [1.165, 1.54) is 6.92 Å². The van der Waals surface area contributed by atoms with Crippen LogP contribution in [-0.4, -0.2) is 29.3 Å². The van der Waals surface area contributed by atoms with Gasteiger partial charge in [0.25, 0.3) is 0 Å². The van der Waals surface area contributed by atoms with Crippen LogP contribution in [0.2, 0.25) is 0 Å². The minimum absolute atomic E-state index is 0.102. The Morgan fingerprint density at radius 1 is 1.11 bits per heavy atom. The van der Waals surface area contributed by atoms with Crippen LogP contribution in [0.3, 0.4) is 0 Å². The zero-order chi connectivity index (χ0) is 20.1. The van der Waals surface area contributed by atoms with E-state index in [1.807, 2.05) is 30.3 Å². The number of nitrogens with one attached hydrogen (secondary N) is 1. The first-order chi connectivity index (χ1) is 13.5. The topological polar surface area (TPSA) is 75.7 Å². The van der Waals surface area contributed by atoms with E-state index < -0.39 is 5.97 Å². The lowest BCUT2D eigenvalue weighted by atomic mass is 9.93. The van der Waals surface area contributed by atoms with E-state index in [1.54, 1.807) is 42.3 Å². The molecular formula is C22H22N2O4. The molecule has 2 amide bonds. The molecule has 144 valence electrons. The van der Waals surface area contributed by atoms with Gasteiger partial charge in [-0.05, 0) is 42.3 Å². The van der Waals surface area contributed by atoms with Crippen LogP contribution in [0.1, 0.15) is 47.8 Å². The fourth-order valence-electron chi connectivity index (χ4n) is 3.24. The van der Waals surface area contributed by atoms with Crippen LogP contribution in [0.25, 0.3) is 6.08 Å². The van der Waals surface area contributed by atoms with Gasteiger partial charge in [0.05, 0.1) is 24.6 Å². The van der Waals surface area contributed by atoms with Crippen molar-refractivity contribution in [3.05, 3.63) is 71.4 Å². The number of hydrogen-bond donors (Lipinski definition) is 1. The largest absolute Gasteiger partial charge is 0.462 e. The van der Waals surface area contributed by atoms with Crippen molar-refractivity contribution in [3.63, 3.8) is 0 Å². The molecule has 0 saturated carbocycles. The molecule has 1 heterocycles. The van der Waals surface area contributed by atoms with E-state index in [2.05, 4.69) is 5.32 Å². The number of hydrogen-bond acceptors (Lipinski definition) is 4. The van der Waals surface area contributed by atoms with Gasteiger partial charge in [-0.1, -0.05) is 30.3 Å². The van der Waals surface area contributed by atoms with Crippen molar-refractivity contribution < 1.29 is 19.1 Å². The van der Waals surface area contributed by atoms with E-state index in [4.69, 9.17) is 4.74 Å². The van der Waals surface area contributed by atoms with Crippen molar-refractivity contribution >= 4 is 29.5 Å². The highest BCUT2D eigenvalue weighted by Gasteiger charge is 2.28. The number of carbonyl (C=O) groups excluding carboxylic acids is 3. The van der Waals surface area contributed by atoms with Gasteiger partial charge in [-0.2, -0.15) is 0 Å². The molecule has 6 heteroatoms. The SMILES string of the molecule is CCOC(=O)c1cccc(NC(=O)CC2c3ccccc3C=CN2C(C)=O)c1. The highest BCUT2D eigenvalue weighted by Crippen LogP contribution is 2.33. The molecule has 0 aliphatic carbocycles. The zero-order valence-corrected chi connectivity index (χ0v) is 15.8. The number of benzene rings is 2. The fourth-order valence-corrected chi connectivity index (χ4v) is 3.24. The highest BCUT2D eigenvalue weighted by molar-refractivity contribution is 5.95. The van der Waals surface area contributed by atoms with Gasteiger partial charge in [-0.25, -0.2) is 4.79 Å². The van der Waals surface area contributed by atoms with Crippen LogP contribution in [-0.2, 0) is 14.3 Å². The first kappa shape index (κ1) is 19.4. The molecule has 1 unspecified atom stereocenters. The third-order valence-corrected chi connectivity index (χ3v) is 4.51. The van der Waals surface area contributed by atoms with E-state index in [-0.39, 0.29) is 30.9 Å². The molecule has 0 spiro atoms. The number of ether oxygens (including phenoxy) is 1. The van der Waals surface area contributed by atoms with Crippen LogP contribution >= 0.6 is 0 Å². The van der Waals surface area contributed by atoms with Gasteiger partial charge in [-0.15, -0.1) is 0 Å². The maximum Gasteiger partial charge on any atom is 0.338 e. The summed E-state index contributed by atoms with van der Waals surface area (Å²) in [5, 5.41) is 2.81. The van der Waals surface area contributed by atoms with E-state index in [0.29, 0.717) is 11.3 Å². The standard InChI is InChI=1S/C22H22N2O4/c1-3-28-22(27)17-8-6-9-18(13-17)23-21(26)14-20-19-10-5-4-7-16(19)11-12-24(20)15(2)25/h4-13,20H,3,14H2,1-2H3,(H,23,26). The van der Waals surface area contributed by atoms with Gasteiger partial charge in [0.15, 0.2) is 0 Å². The molecule has 2 aromatic rings. The highest BCUT2D eigenvalue weighted by atomic mass is 16.5. The molecular weight excluding hydrogens is 356 g/mol. The summed E-state index contributed by atoms with van der Waals surface area (Å²) in [7, 11) is 0. The van der Waals surface area contributed by atoms with Crippen molar-refractivity contribution in [2.75, 3.05) is 11.9 Å². The van der Waals surface area contributed by atoms with Crippen molar-refractivity contribution in [1.82, 2.24) is 4.90 Å². The third kappa shape index (κ3) is 4.28. The van der Waals surface area contributed by atoms with Gasteiger partial charge in [0.2, 0.25) is 11.8 Å². The van der Waals surface area contributed by atoms with Crippen LogP contribution < -0.4 is 5.32 Å². The monoisotopic (exact) mass is 378 g/mol. The Bertz CT molecular complexity index is 936. The minimum atomic E-state index is -0.437. The first-order valence-corrected chi connectivity index (χ1v) is 9.12. The van der Waals surface area contributed by atoms with Gasteiger partial charge in [0.1, 0.15) is 0 Å². The molecule has 0 aromatic heterocycles. The molecule has 1 N–H and O–H groups in total. The van der Waals surface area contributed by atoms with Gasteiger partial charge >= 0.3 is 5.97 Å². The van der Waals surface area contributed by atoms with Crippen molar-refractivity contribution in [1.29, 1.82) is 0 Å². The second-order valence-electron chi connectivity index (χ2n) is 6.44. The average Bonchev–Trinajstić information content (AvgIpc) is 2.68. The van der Waals surface area contributed by atoms with Gasteiger partial charge in [-0.3, -0.25) is 9.59 Å². The Hall–Kier alpha value is -3.41. The zero-order valence-electron chi connectivity index (χ0n) is 15.8. The first-order valence-electron chi connectivity index (χ1n) is 9.12. The smallest absolute Gasteiger partial charge is 0.338 e. The Morgan fingerprint density at radius 3 is 2.64 bits per heavy atom. The Kier molecular flexibility index (Phi) is 5.89. The normalized spacial score (nSPS) is 14.9. The van der Waals surface area contributed by atoms with Gasteiger partial charge in [0, 0.05) is 18.8 Å². The number of fused-ring (bicyclic) bond motifs is 1. The maximum absolute atomic E-state index is 12.7. The molecule has 2 aromatic carbocycles. The molecule has 1 atom stereocenters. The summed E-state index contributed by atoms with van der Waals surface area (Å²) in [4.78, 5) is 38.1. The second-order valence-corrected chi connectivity index (χ2v) is 6.44. The summed E-state index contributed by atoms with van der Waals surface area (Å²) in [6.45, 7) is 3.50. The maximum atomic E-state index is 12.7. The second kappa shape index (κ2) is 8.52. The number of nitrogens with zero attached hydrogens (tertiary/aromatic N) is 1. The summed E-state index contributed by atoms with van der Waals surface area (Å²) in [5.41, 5.74) is 2.79. The third-order valence-electron chi connectivity index (χ3n) is 4.51. The number of rotatable bonds is 5. The lowest BCUT2D eigenvalue weighted by Gasteiger charge is -2.32. The van der Waals surface area contributed by atoms with E-state index in [0.717, 1.165) is 11.1 Å². The van der Waals surface area contributed by atoms with Crippen molar-refractivity contribution in [3.8, 4) is 0 Å². The number of amides is 2. The molecule has 3 rings (SSSR count). The number of anilines is 1. The minimum Gasteiger partial charge on any atom is -0.462 e. The summed E-state index contributed by atoms with van der Waals surface area (Å²) in [6.07, 6.45) is 3.68. The summed E-state index contributed by atoms with van der Waals surface area (Å²) >= 11 is 0. The molecule has 28 heavy (non-hydrogen) atoms. The summed E-state index contributed by atoms with van der Waals surface area (Å²) in [6, 6.07) is 13.9. The van der Waals surface area contributed by atoms with Crippen LogP contribution in [0.4, 0.5) is 5.69 Å². The summed E-state index contributed by atoms with van der Waals surface area (Å²) in [5.74, 6) is -0.817. The number of carbonyl (C=O) groups is 3. The molecule has 0 radical (unpaired) electrons. The molecule has 0 fully saturated rings. The Morgan fingerprint density at radius 2 is 1.89 bits per heavy atom. The van der Waals surface area contributed by atoms with Crippen LogP contribution in [0.15, 0.2) is 54.7 Å².